The van der Waals surface area contributed by atoms with Gasteiger partial charge in [-0.2, -0.15) is 0 Å². The minimum atomic E-state index is -0.0880. The van der Waals surface area contributed by atoms with Gasteiger partial charge in [0, 0.05) is 19.2 Å². The molecule has 1 aliphatic carbocycles. The standard InChI is InChI=1S/C16H32N2O2/c1-13(8-9-14-6-4-5-7-14)18-15(20)17-12-16(2,3)10-11-19/h13-14,19H,4-12H2,1-3H3,(H2,17,18,20). The van der Waals surface area contributed by atoms with Gasteiger partial charge < -0.3 is 15.7 Å². The van der Waals surface area contributed by atoms with Crippen LogP contribution in [0.2, 0.25) is 0 Å². The number of hydrogen-bond acceptors (Lipinski definition) is 2. The Morgan fingerprint density at radius 3 is 2.60 bits per heavy atom. The molecule has 2 amide bonds. The van der Waals surface area contributed by atoms with Gasteiger partial charge in [-0.15, -0.1) is 0 Å². The fourth-order valence-electron chi connectivity index (χ4n) is 2.84. The van der Waals surface area contributed by atoms with Gasteiger partial charge in [0.1, 0.15) is 0 Å². The Bertz CT molecular complexity index is 286. The number of hydrogen-bond donors (Lipinski definition) is 3. The topological polar surface area (TPSA) is 61.4 Å². The highest BCUT2D eigenvalue weighted by molar-refractivity contribution is 5.74. The summed E-state index contributed by atoms with van der Waals surface area (Å²) in [6.45, 7) is 6.93. The maximum absolute atomic E-state index is 11.8. The Hall–Kier alpha value is -0.770. The molecule has 0 aliphatic heterocycles. The lowest BCUT2D eigenvalue weighted by atomic mass is 9.90. The van der Waals surface area contributed by atoms with E-state index >= 15 is 0 Å². The van der Waals surface area contributed by atoms with Crippen LogP contribution in [0.15, 0.2) is 0 Å². The van der Waals surface area contributed by atoms with Gasteiger partial charge in [-0.05, 0) is 37.5 Å². The van der Waals surface area contributed by atoms with Gasteiger partial charge in [0.15, 0.2) is 0 Å². The van der Waals surface area contributed by atoms with Crippen molar-refractivity contribution in [2.45, 2.75) is 71.8 Å². The van der Waals surface area contributed by atoms with Crippen molar-refractivity contribution >= 4 is 6.03 Å². The van der Waals surface area contributed by atoms with E-state index < -0.39 is 0 Å². The average Bonchev–Trinajstić information content (AvgIpc) is 2.87. The zero-order chi connectivity index (χ0) is 15.0. The van der Waals surface area contributed by atoms with Gasteiger partial charge >= 0.3 is 6.03 Å². The van der Waals surface area contributed by atoms with Crippen LogP contribution in [0, 0.1) is 11.3 Å². The van der Waals surface area contributed by atoms with Gasteiger partial charge in [-0.1, -0.05) is 39.5 Å². The Morgan fingerprint density at radius 1 is 1.35 bits per heavy atom. The lowest BCUT2D eigenvalue weighted by molar-refractivity contribution is 0.200. The maximum Gasteiger partial charge on any atom is 0.315 e. The van der Waals surface area contributed by atoms with E-state index in [9.17, 15) is 4.79 Å². The van der Waals surface area contributed by atoms with Crippen molar-refractivity contribution in [2.24, 2.45) is 11.3 Å². The number of rotatable bonds is 8. The second-order valence-corrected chi connectivity index (χ2v) is 7.09. The summed E-state index contributed by atoms with van der Waals surface area (Å²) < 4.78 is 0. The molecule has 3 N–H and O–H groups in total. The van der Waals surface area contributed by atoms with Crippen molar-refractivity contribution in [1.82, 2.24) is 10.6 Å². The number of nitrogens with one attached hydrogen (secondary N) is 2. The number of carbonyl (C=O) groups is 1. The highest BCUT2D eigenvalue weighted by Crippen LogP contribution is 2.28. The number of urea groups is 1. The van der Waals surface area contributed by atoms with Crippen LogP contribution in [-0.2, 0) is 0 Å². The van der Waals surface area contributed by atoms with Crippen molar-refractivity contribution in [3.63, 3.8) is 0 Å². The molecule has 0 radical (unpaired) electrons. The first-order chi connectivity index (χ1) is 9.43. The minimum Gasteiger partial charge on any atom is -0.396 e. The normalized spacial score (nSPS) is 18.0. The lowest BCUT2D eigenvalue weighted by Gasteiger charge is -2.24. The Labute approximate surface area is 123 Å². The Balaban J connectivity index is 2.14. The molecular formula is C16H32N2O2. The molecular weight excluding hydrogens is 252 g/mol. The van der Waals surface area contributed by atoms with Crippen LogP contribution in [0.5, 0.6) is 0 Å². The predicted octanol–water partition coefficient (Wildman–Crippen LogP) is 3.05. The van der Waals surface area contributed by atoms with E-state index in [2.05, 4.69) is 17.6 Å². The van der Waals surface area contributed by atoms with Crippen LogP contribution >= 0.6 is 0 Å². The minimum absolute atomic E-state index is 0.0564. The maximum atomic E-state index is 11.8. The van der Waals surface area contributed by atoms with E-state index in [0.29, 0.717) is 13.0 Å². The number of aliphatic hydroxyl groups excluding tert-OH is 1. The van der Waals surface area contributed by atoms with Gasteiger partial charge in [-0.3, -0.25) is 0 Å². The second-order valence-electron chi connectivity index (χ2n) is 7.09. The van der Waals surface area contributed by atoms with Crippen LogP contribution in [0.25, 0.3) is 0 Å². The van der Waals surface area contributed by atoms with Crippen LogP contribution in [0.4, 0.5) is 4.79 Å². The molecule has 0 spiro atoms. The predicted molar refractivity (Wildman–Crippen MR) is 82.7 cm³/mol. The van der Waals surface area contributed by atoms with E-state index in [1.807, 2.05) is 13.8 Å². The second kappa shape index (κ2) is 8.50. The highest BCUT2D eigenvalue weighted by Gasteiger charge is 2.19. The fourth-order valence-corrected chi connectivity index (χ4v) is 2.84. The SMILES string of the molecule is CC(CCC1CCCC1)NC(=O)NCC(C)(C)CCO. The van der Waals surface area contributed by atoms with E-state index in [-0.39, 0.29) is 24.1 Å². The molecule has 1 rings (SSSR count). The smallest absolute Gasteiger partial charge is 0.315 e. The van der Waals surface area contributed by atoms with Crippen LogP contribution in [0.1, 0.15) is 65.7 Å². The molecule has 0 aromatic rings. The molecule has 0 aromatic carbocycles. The van der Waals surface area contributed by atoms with Gasteiger partial charge in [0.25, 0.3) is 0 Å². The lowest BCUT2D eigenvalue weighted by Crippen LogP contribution is -2.44. The molecule has 118 valence electrons. The average molecular weight is 284 g/mol. The fraction of sp³-hybridized carbons (Fsp3) is 0.938. The third-order valence-corrected chi connectivity index (χ3v) is 4.38. The molecule has 4 nitrogen and oxygen atoms in total. The first-order valence-corrected chi connectivity index (χ1v) is 8.08. The molecule has 20 heavy (non-hydrogen) atoms. The van der Waals surface area contributed by atoms with Crippen molar-refractivity contribution < 1.29 is 9.90 Å². The van der Waals surface area contributed by atoms with E-state index in [1.165, 1.54) is 32.1 Å². The molecule has 1 fully saturated rings. The molecule has 4 heteroatoms. The molecule has 0 heterocycles. The Morgan fingerprint density at radius 2 is 2.00 bits per heavy atom. The van der Waals surface area contributed by atoms with Gasteiger partial charge in [-0.25, -0.2) is 4.79 Å². The zero-order valence-electron chi connectivity index (χ0n) is 13.4. The molecule has 1 aliphatic rings. The van der Waals surface area contributed by atoms with E-state index in [1.54, 1.807) is 0 Å². The monoisotopic (exact) mass is 284 g/mol. The quantitative estimate of drug-likeness (QED) is 0.641. The molecule has 0 saturated heterocycles. The van der Waals surface area contributed by atoms with Crippen molar-refractivity contribution in [2.75, 3.05) is 13.2 Å². The summed E-state index contributed by atoms with van der Waals surface area (Å²) in [4.78, 5) is 11.8. The van der Waals surface area contributed by atoms with Gasteiger partial charge in [0.05, 0.1) is 0 Å². The molecule has 1 saturated carbocycles. The number of carbonyl (C=O) groups excluding carboxylic acids is 1. The molecule has 0 bridgehead atoms. The number of aliphatic hydroxyl groups is 1. The van der Waals surface area contributed by atoms with Gasteiger partial charge in [0.2, 0.25) is 0 Å². The van der Waals surface area contributed by atoms with Crippen LogP contribution < -0.4 is 10.6 Å². The third-order valence-electron chi connectivity index (χ3n) is 4.38. The summed E-state index contributed by atoms with van der Waals surface area (Å²) in [5.41, 5.74) is -0.0564. The molecule has 1 atom stereocenters. The van der Waals surface area contributed by atoms with Crippen molar-refractivity contribution in [3.8, 4) is 0 Å². The van der Waals surface area contributed by atoms with E-state index in [4.69, 9.17) is 5.11 Å². The number of amides is 2. The summed E-state index contributed by atoms with van der Waals surface area (Å²) in [7, 11) is 0. The Kier molecular flexibility index (Phi) is 7.35. The van der Waals surface area contributed by atoms with Crippen molar-refractivity contribution in [3.05, 3.63) is 0 Å². The van der Waals surface area contributed by atoms with Crippen LogP contribution in [-0.4, -0.2) is 30.3 Å². The summed E-state index contributed by atoms with van der Waals surface area (Å²) >= 11 is 0. The van der Waals surface area contributed by atoms with E-state index in [0.717, 1.165) is 12.3 Å². The first kappa shape index (κ1) is 17.3. The summed E-state index contributed by atoms with van der Waals surface area (Å²) in [5.74, 6) is 0.880. The van der Waals surface area contributed by atoms with Crippen LogP contribution in [0.3, 0.4) is 0 Å². The summed E-state index contributed by atoms with van der Waals surface area (Å²) in [6.07, 6.45) is 8.50. The summed E-state index contributed by atoms with van der Waals surface area (Å²) in [5, 5.41) is 14.9. The van der Waals surface area contributed by atoms with Crippen molar-refractivity contribution in [1.29, 1.82) is 0 Å². The summed E-state index contributed by atoms with van der Waals surface area (Å²) in [6, 6.07) is 0.145. The first-order valence-electron chi connectivity index (χ1n) is 8.08. The zero-order valence-corrected chi connectivity index (χ0v) is 13.4. The third kappa shape index (κ3) is 7.13. The molecule has 0 aromatic heterocycles. The largest absolute Gasteiger partial charge is 0.396 e. The molecule has 1 unspecified atom stereocenters. The highest BCUT2D eigenvalue weighted by atomic mass is 16.3.